The van der Waals surface area contributed by atoms with Gasteiger partial charge in [-0.25, -0.2) is 9.59 Å². The fraction of sp³-hybridized carbons (Fsp3) is 0.211. The Morgan fingerprint density at radius 2 is 1.69 bits per heavy atom. The van der Waals surface area contributed by atoms with Crippen LogP contribution in [0, 0.1) is 0 Å². The maximum atomic E-state index is 12.2. The highest BCUT2D eigenvalue weighted by molar-refractivity contribution is 7.99. The molecule has 0 spiro atoms. The molecule has 0 bridgehead atoms. The number of thioether (sulfide) groups is 1. The smallest absolute Gasteiger partial charge is 0.339 e. The van der Waals surface area contributed by atoms with Gasteiger partial charge in [-0.2, -0.15) is 0 Å². The van der Waals surface area contributed by atoms with Gasteiger partial charge in [0.2, 0.25) is 0 Å². The summed E-state index contributed by atoms with van der Waals surface area (Å²) in [5.74, 6) is -0.644. The molecule has 0 saturated carbocycles. The predicted molar refractivity (Wildman–Crippen MR) is 99.5 cm³/mol. The van der Waals surface area contributed by atoms with Gasteiger partial charge in [0.25, 0.3) is 5.91 Å². The number of benzene rings is 2. The van der Waals surface area contributed by atoms with E-state index in [2.05, 4.69) is 10.1 Å². The van der Waals surface area contributed by atoms with Crippen molar-refractivity contribution >= 4 is 35.3 Å². The lowest BCUT2D eigenvalue weighted by molar-refractivity contribution is -0.119. The standard InChI is InChI=1S/C19H19NO5S/c1-3-26-16-7-5-4-6-15(16)19(23)25-12-17(21)20-14-10-8-13(9-11-14)18(22)24-2/h4-11H,3,12H2,1-2H3,(H,20,21). The van der Waals surface area contributed by atoms with Gasteiger partial charge >= 0.3 is 11.9 Å². The fourth-order valence-electron chi connectivity index (χ4n) is 2.13. The normalized spacial score (nSPS) is 10.1. The van der Waals surface area contributed by atoms with Gasteiger partial charge in [0, 0.05) is 10.6 Å². The van der Waals surface area contributed by atoms with Crippen LogP contribution >= 0.6 is 11.8 Å². The number of rotatable bonds is 7. The molecule has 7 heteroatoms. The average molecular weight is 373 g/mol. The van der Waals surface area contributed by atoms with Crippen LogP contribution < -0.4 is 5.32 Å². The third kappa shape index (κ3) is 5.35. The lowest BCUT2D eigenvalue weighted by atomic mass is 10.2. The third-order valence-corrected chi connectivity index (χ3v) is 4.29. The zero-order valence-corrected chi connectivity index (χ0v) is 15.3. The Hall–Kier alpha value is -2.80. The molecule has 136 valence electrons. The van der Waals surface area contributed by atoms with E-state index < -0.39 is 24.5 Å². The Labute approximate surface area is 155 Å². The van der Waals surface area contributed by atoms with Crippen molar-refractivity contribution < 1.29 is 23.9 Å². The van der Waals surface area contributed by atoms with Gasteiger partial charge in [0.05, 0.1) is 18.2 Å². The van der Waals surface area contributed by atoms with Gasteiger partial charge in [-0.1, -0.05) is 19.1 Å². The molecule has 6 nitrogen and oxygen atoms in total. The van der Waals surface area contributed by atoms with Gasteiger partial charge in [0.1, 0.15) is 0 Å². The van der Waals surface area contributed by atoms with Crippen molar-refractivity contribution in [1.29, 1.82) is 0 Å². The zero-order chi connectivity index (χ0) is 18.9. The Kier molecular flexibility index (Phi) is 7.23. The second kappa shape index (κ2) is 9.62. The van der Waals surface area contributed by atoms with Crippen LogP contribution in [0.3, 0.4) is 0 Å². The van der Waals surface area contributed by atoms with Crippen LogP contribution in [0.25, 0.3) is 0 Å². The van der Waals surface area contributed by atoms with Crippen LogP contribution in [0.4, 0.5) is 5.69 Å². The van der Waals surface area contributed by atoms with Crippen LogP contribution in [-0.2, 0) is 14.3 Å². The van der Waals surface area contributed by atoms with Crippen molar-refractivity contribution in [3.05, 3.63) is 59.7 Å². The summed E-state index contributed by atoms with van der Waals surface area (Å²) in [5.41, 5.74) is 1.30. The monoisotopic (exact) mass is 373 g/mol. The summed E-state index contributed by atoms with van der Waals surface area (Å²) in [6, 6.07) is 13.3. The Bertz CT molecular complexity index is 789. The molecule has 26 heavy (non-hydrogen) atoms. The first kappa shape index (κ1) is 19.5. The van der Waals surface area contributed by atoms with Crippen molar-refractivity contribution in [2.45, 2.75) is 11.8 Å². The van der Waals surface area contributed by atoms with Gasteiger partial charge in [-0.15, -0.1) is 11.8 Å². The number of carbonyl (C=O) groups is 3. The van der Waals surface area contributed by atoms with Crippen molar-refractivity contribution in [3.8, 4) is 0 Å². The van der Waals surface area contributed by atoms with Crippen LogP contribution in [0.15, 0.2) is 53.4 Å². The maximum absolute atomic E-state index is 12.2. The number of esters is 2. The summed E-state index contributed by atoms with van der Waals surface area (Å²) in [7, 11) is 1.30. The molecule has 0 heterocycles. The number of anilines is 1. The highest BCUT2D eigenvalue weighted by Crippen LogP contribution is 2.22. The maximum Gasteiger partial charge on any atom is 0.339 e. The number of hydrogen-bond acceptors (Lipinski definition) is 6. The third-order valence-electron chi connectivity index (χ3n) is 3.33. The molecule has 0 radical (unpaired) electrons. The Morgan fingerprint density at radius 3 is 2.35 bits per heavy atom. The second-order valence-electron chi connectivity index (χ2n) is 5.12. The molecule has 0 fully saturated rings. The topological polar surface area (TPSA) is 81.7 Å². The molecular weight excluding hydrogens is 354 g/mol. The summed E-state index contributed by atoms with van der Waals surface area (Å²) in [6.07, 6.45) is 0. The molecule has 0 aliphatic rings. The predicted octanol–water partition coefficient (Wildman–Crippen LogP) is 3.38. The number of ether oxygens (including phenoxy) is 2. The van der Waals surface area contributed by atoms with Crippen LogP contribution in [0.5, 0.6) is 0 Å². The first-order valence-corrected chi connectivity index (χ1v) is 8.91. The number of amides is 1. The molecule has 0 aliphatic carbocycles. The van der Waals surface area contributed by atoms with Gasteiger partial charge in [-0.05, 0) is 42.2 Å². The summed E-state index contributed by atoms with van der Waals surface area (Å²) in [4.78, 5) is 36.3. The SMILES string of the molecule is CCSc1ccccc1C(=O)OCC(=O)Nc1ccc(C(=O)OC)cc1. The van der Waals surface area contributed by atoms with E-state index in [1.807, 2.05) is 19.1 Å². The summed E-state index contributed by atoms with van der Waals surface area (Å²) in [6.45, 7) is 1.59. The van der Waals surface area contributed by atoms with Crippen LogP contribution in [0.2, 0.25) is 0 Å². The van der Waals surface area contributed by atoms with Gasteiger partial charge in [0.15, 0.2) is 6.61 Å². The second-order valence-corrected chi connectivity index (χ2v) is 6.43. The number of methoxy groups -OCH3 is 1. The van der Waals surface area contributed by atoms with Crippen molar-refractivity contribution in [3.63, 3.8) is 0 Å². The molecule has 1 N–H and O–H groups in total. The zero-order valence-electron chi connectivity index (χ0n) is 14.5. The lowest BCUT2D eigenvalue weighted by Crippen LogP contribution is -2.21. The molecule has 2 aromatic carbocycles. The van der Waals surface area contributed by atoms with E-state index in [9.17, 15) is 14.4 Å². The minimum absolute atomic E-state index is 0.377. The largest absolute Gasteiger partial charge is 0.465 e. The van der Waals surface area contributed by atoms with E-state index in [0.717, 1.165) is 10.6 Å². The van der Waals surface area contributed by atoms with E-state index >= 15 is 0 Å². The van der Waals surface area contributed by atoms with Crippen molar-refractivity contribution in [1.82, 2.24) is 0 Å². The molecule has 0 aliphatic heterocycles. The van der Waals surface area contributed by atoms with E-state index in [-0.39, 0.29) is 0 Å². The van der Waals surface area contributed by atoms with E-state index in [0.29, 0.717) is 16.8 Å². The quantitative estimate of drug-likeness (QED) is 0.592. The first-order valence-electron chi connectivity index (χ1n) is 7.92. The Morgan fingerprint density at radius 1 is 1.00 bits per heavy atom. The molecular formula is C19H19NO5S. The minimum atomic E-state index is -0.544. The number of hydrogen-bond donors (Lipinski definition) is 1. The van der Waals surface area contributed by atoms with Crippen LogP contribution in [0.1, 0.15) is 27.6 Å². The average Bonchev–Trinajstić information content (AvgIpc) is 2.67. The number of nitrogens with one attached hydrogen (secondary N) is 1. The molecule has 2 aromatic rings. The molecule has 0 unspecified atom stereocenters. The first-order chi connectivity index (χ1) is 12.5. The van der Waals surface area contributed by atoms with Crippen LogP contribution in [-0.4, -0.2) is 37.3 Å². The van der Waals surface area contributed by atoms with E-state index in [4.69, 9.17) is 4.74 Å². The highest BCUT2D eigenvalue weighted by Gasteiger charge is 2.14. The Balaban J connectivity index is 1.90. The lowest BCUT2D eigenvalue weighted by Gasteiger charge is -2.09. The van der Waals surface area contributed by atoms with Crippen molar-refractivity contribution in [2.24, 2.45) is 0 Å². The highest BCUT2D eigenvalue weighted by atomic mass is 32.2. The minimum Gasteiger partial charge on any atom is -0.465 e. The fourth-order valence-corrected chi connectivity index (χ4v) is 2.92. The molecule has 2 rings (SSSR count). The number of carbonyl (C=O) groups excluding carboxylic acids is 3. The van der Waals surface area contributed by atoms with E-state index in [1.165, 1.54) is 31.0 Å². The van der Waals surface area contributed by atoms with E-state index in [1.54, 1.807) is 24.3 Å². The summed E-state index contributed by atoms with van der Waals surface area (Å²) in [5, 5.41) is 2.60. The van der Waals surface area contributed by atoms with Gasteiger partial charge in [-0.3, -0.25) is 4.79 Å². The van der Waals surface area contributed by atoms with Gasteiger partial charge < -0.3 is 14.8 Å². The molecule has 0 saturated heterocycles. The van der Waals surface area contributed by atoms with Crippen molar-refractivity contribution in [2.75, 3.05) is 24.8 Å². The summed E-state index contributed by atoms with van der Waals surface area (Å²) >= 11 is 1.53. The molecule has 0 atom stereocenters. The molecule has 1 amide bonds. The summed E-state index contributed by atoms with van der Waals surface area (Å²) < 4.78 is 9.70. The molecule has 0 aromatic heterocycles.